The maximum Gasteiger partial charge on any atom is 0.162 e. The fraction of sp³-hybridized carbons (Fsp3) is 0.556. The minimum absolute atomic E-state index is 0.140. The molecular weight excluding hydrogens is 214 g/mol. The molecule has 1 aromatic heterocycles. The van der Waals surface area contributed by atoms with E-state index >= 15 is 0 Å². The Bertz CT molecular complexity index is 391. The zero-order valence-electron chi connectivity index (χ0n) is 8.64. The summed E-state index contributed by atoms with van der Waals surface area (Å²) in [5.41, 5.74) is 2.07. The Kier molecular flexibility index (Phi) is 2.70. The van der Waals surface area contributed by atoms with Gasteiger partial charge in [-0.05, 0) is 6.92 Å². The number of nitrogens with zero attached hydrogens (tertiary/aromatic N) is 2. The van der Waals surface area contributed by atoms with Crippen molar-refractivity contribution in [3.05, 3.63) is 17.5 Å². The maximum absolute atomic E-state index is 10.7. The van der Waals surface area contributed by atoms with Crippen LogP contribution in [0.4, 0.5) is 0 Å². The molecule has 1 aromatic rings. The van der Waals surface area contributed by atoms with Crippen molar-refractivity contribution >= 4 is 17.7 Å². The Balaban J connectivity index is 2.14. The summed E-state index contributed by atoms with van der Waals surface area (Å²) in [5.74, 6) is -0.382. The zero-order valence-corrected chi connectivity index (χ0v) is 9.45. The van der Waals surface area contributed by atoms with E-state index < -0.39 is 12.0 Å². The average molecular weight is 227 g/mol. The van der Waals surface area contributed by atoms with Crippen LogP contribution in [0.5, 0.6) is 0 Å². The molecule has 2 heterocycles. The summed E-state index contributed by atoms with van der Waals surface area (Å²) in [7, 11) is 1.87. The van der Waals surface area contributed by atoms with E-state index in [-0.39, 0.29) is 5.37 Å². The summed E-state index contributed by atoms with van der Waals surface area (Å²) in [4.78, 5) is 10.7. The summed E-state index contributed by atoms with van der Waals surface area (Å²) >= 11 is 1.63. The number of quaternary nitrogens is 1. The number of rotatable bonds is 2. The number of carbonyl (C=O) groups is 1. The molecule has 1 aliphatic heterocycles. The van der Waals surface area contributed by atoms with E-state index in [1.807, 2.05) is 25.5 Å². The number of aryl methyl sites for hydroxylation is 2. The highest BCUT2D eigenvalue weighted by molar-refractivity contribution is 7.99. The van der Waals surface area contributed by atoms with Crippen LogP contribution < -0.4 is 10.4 Å². The van der Waals surface area contributed by atoms with E-state index in [0.717, 1.165) is 11.3 Å². The first-order valence-corrected chi connectivity index (χ1v) is 5.80. The first-order valence-electron chi connectivity index (χ1n) is 4.75. The molecule has 1 aliphatic rings. The molecule has 0 saturated carbocycles. The molecular formula is C9H13N3O2S. The van der Waals surface area contributed by atoms with Gasteiger partial charge in [-0.1, -0.05) is 11.8 Å². The maximum atomic E-state index is 10.7. The zero-order chi connectivity index (χ0) is 11.0. The Morgan fingerprint density at radius 3 is 3.00 bits per heavy atom. The molecule has 1 fully saturated rings. The highest BCUT2D eigenvalue weighted by Gasteiger charge is 2.32. The first-order chi connectivity index (χ1) is 7.08. The van der Waals surface area contributed by atoms with Crippen molar-refractivity contribution in [2.45, 2.75) is 18.3 Å². The minimum atomic E-state index is -0.980. The third-order valence-electron chi connectivity index (χ3n) is 2.52. The Hall–Kier alpha value is -1.01. The summed E-state index contributed by atoms with van der Waals surface area (Å²) in [5, 5.41) is 16.9. The molecule has 2 N–H and O–H groups in total. The monoisotopic (exact) mass is 227 g/mol. The fourth-order valence-electron chi connectivity index (χ4n) is 1.77. The number of hydrogen-bond acceptors (Lipinski definition) is 4. The summed E-state index contributed by atoms with van der Waals surface area (Å²) in [6.07, 6.45) is 1.95. The highest BCUT2D eigenvalue weighted by atomic mass is 32.2. The van der Waals surface area contributed by atoms with Crippen molar-refractivity contribution < 1.29 is 15.2 Å². The van der Waals surface area contributed by atoms with Gasteiger partial charge in [-0.15, -0.1) is 0 Å². The van der Waals surface area contributed by atoms with Crippen LogP contribution in [0.2, 0.25) is 0 Å². The van der Waals surface area contributed by atoms with Crippen LogP contribution >= 0.6 is 11.8 Å². The van der Waals surface area contributed by atoms with Gasteiger partial charge in [-0.2, -0.15) is 5.10 Å². The first kappa shape index (κ1) is 10.5. The van der Waals surface area contributed by atoms with Crippen molar-refractivity contribution in [1.82, 2.24) is 9.78 Å². The second-order valence-corrected chi connectivity index (χ2v) is 4.89. The molecule has 0 amide bonds. The van der Waals surface area contributed by atoms with E-state index in [1.54, 1.807) is 16.4 Å². The van der Waals surface area contributed by atoms with Crippen LogP contribution in [0.25, 0.3) is 0 Å². The van der Waals surface area contributed by atoms with Crippen molar-refractivity contribution in [3.63, 3.8) is 0 Å². The van der Waals surface area contributed by atoms with Crippen LogP contribution in [-0.2, 0) is 11.8 Å². The molecule has 5 nitrogen and oxygen atoms in total. The second-order valence-electron chi connectivity index (χ2n) is 3.72. The molecule has 0 unspecified atom stereocenters. The quantitative estimate of drug-likeness (QED) is 0.644. The lowest BCUT2D eigenvalue weighted by atomic mass is 10.2. The van der Waals surface area contributed by atoms with E-state index in [1.165, 1.54) is 0 Å². The number of carboxylic acids is 1. The van der Waals surface area contributed by atoms with Crippen LogP contribution in [0.1, 0.15) is 16.6 Å². The van der Waals surface area contributed by atoms with Gasteiger partial charge in [0.2, 0.25) is 0 Å². The van der Waals surface area contributed by atoms with E-state index in [4.69, 9.17) is 0 Å². The molecule has 1 saturated heterocycles. The lowest BCUT2D eigenvalue weighted by molar-refractivity contribution is -0.690. The molecule has 0 spiro atoms. The van der Waals surface area contributed by atoms with Gasteiger partial charge in [-0.25, -0.2) is 0 Å². The Morgan fingerprint density at radius 1 is 1.80 bits per heavy atom. The SMILES string of the molecule is Cc1nn(C)cc1[C@H]1[NH2+][C@H](C(=O)[O-])CS1. The smallest absolute Gasteiger partial charge is 0.162 e. The standard InChI is InChI=1S/C9H13N3O2S/c1-5-6(3-12(2)11-5)8-10-7(4-15-8)9(13)14/h3,7-8,10H,4H2,1-2H3,(H,13,14)/t7-,8-/m0/s1. The predicted octanol–water partition coefficient (Wildman–Crippen LogP) is -1.84. The van der Waals surface area contributed by atoms with Gasteiger partial charge in [-0.3, -0.25) is 4.68 Å². The van der Waals surface area contributed by atoms with Gasteiger partial charge >= 0.3 is 0 Å². The normalized spacial score (nSPS) is 25.7. The van der Waals surface area contributed by atoms with E-state index in [2.05, 4.69) is 5.10 Å². The van der Waals surface area contributed by atoms with Crippen LogP contribution in [0.3, 0.4) is 0 Å². The van der Waals surface area contributed by atoms with Crippen LogP contribution in [0, 0.1) is 6.92 Å². The van der Waals surface area contributed by atoms with Gasteiger partial charge in [0.15, 0.2) is 5.37 Å². The number of aliphatic carboxylic acids is 1. The van der Waals surface area contributed by atoms with E-state index in [9.17, 15) is 9.90 Å². The number of nitrogens with two attached hydrogens (primary N) is 1. The number of aromatic nitrogens is 2. The molecule has 2 atom stereocenters. The Labute approximate surface area is 91.9 Å². The molecule has 0 aromatic carbocycles. The molecule has 6 heteroatoms. The van der Waals surface area contributed by atoms with Gasteiger partial charge in [0, 0.05) is 13.2 Å². The molecule has 0 radical (unpaired) electrons. The van der Waals surface area contributed by atoms with Gasteiger partial charge in [0.05, 0.1) is 17.0 Å². The lowest BCUT2D eigenvalue weighted by Crippen LogP contribution is -2.90. The largest absolute Gasteiger partial charge is 0.544 e. The third kappa shape index (κ3) is 2.00. The summed E-state index contributed by atoms with van der Waals surface area (Å²) in [6, 6.07) is -0.431. The average Bonchev–Trinajstić information content (AvgIpc) is 2.71. The van der Waals surface area contributed by atoms with Gasteiger partial charge in [0.25, 0.3) is 0 Å². The van der Waals surface area contributed by atoms with Gasteiger partial charge in [0.1, 0.15) is 12.0 Å². The lowest BCUT2D eigenvalue weighted by Gasteiger charge is -2.09. The van der Waals surface area contributed by atoms with E-state index in [0.29, 0.717) is 5.75 Å². The number of hydrogen-bond donors (Lipinski definition) is 1. The fourth-order valence-corrected chi connectivity index (χ4v) is 3.14. The molecule has 82 valence electrons. The van der Waals surface area contributed by atoms with Crippen molar-refractivity contribution in [3.8, 4) is 0 Å². The number of carbonyl (C=O) groups excluding carboxylic acids is 1. The molecule has 15 heavy (non-hydrogen) atoms. The molecule has 2 rings (SSSR count). The summed E-state index contributed by atoms with van der Waals surface area (Å²) < 4.78 is 1.76. The van der Waals surface area contributed by atoms with Crippen LogP contribution in [0.15, 0.2) is 6.20 Å². The summed E-state index contributed by atoms with van der Waals surface area (Å²) in [6.45, 7) is 1.94. The minimum Gasteiger partial charge on any atom is -0.544 e. The number of carboxylic acid groups (broad SMARTS) is 1. The van der Waals surface area contributed by atoms with Crippen molar-refractivity contribution in [1.29, 1.82) is 0 Å². The third-order valence-corrected chi connectivity index (χ3v) is 3.84. The molecule has 0 aliphatic carbocycles. The number of thioether (sulfide) groups is 1. The second kappa shape index (κ2) is 3.86. The predicted molar refractivity (Wildman–Crippen MR) is 53.9 cm³/mol. The topological polar surface area (TPSA) is 74.6 Å². The Morgan fingerprint density at radius 2 is 2.53 bits per heavy atom. The van der Waals surface area contributed by atoms with Crippen LogP contribution in [-0.4, -0.2) is 27.5 Å². The van der Waals surface area contributed by atoms with Crippen molar-refractivity contribution in [2.24, 2.45) is 7.05 Å². The highest BCUT2D eigenvalue weighted by Crippen LogP contribution is 2.28. The molecule has 0 bridgehead atoms. The van der Waals surface area contributed by atoms with Gasteiger partial charge < -0.3 is 15.2 Å². The van der Waals surface area contributed by atoms with Crippen molar-refractivity contribution in [2.75, 3.05) is 5.75 Å².